The molecule has 0 atom stereocenters. The molecule has 3 heterocycles. The number of hydrogen-bond donors (Lipinski definition) is 0. The first-order valence-corrected chi connectivity index (χ1v) is 9.08. The molecule has 9 heteroatoms. The normalized spacial score (nSPS) is 12.8. The molecule has 0 N–H and O–H groups in total. The van der Waals surface area contributed by atoms with E-state index in [2.05, 4.69) is 4.98 Å². The summed E-state index contributed by atoms with van der Waals surface area (Å²) in [4.78, 5) is 42.0. The van der Waals surface area contributed by atoms with Crippen LogP contribution in [-0.4, -0.2) is 41.1 Å². The van der Waals surface area contributed by atoms with E-state index in [9.17, 15) is 14.4 Å². The highest BCUT2D eigenvalue weighted by molar-refractivity contribution is 6.03. The average Bonchev–Trinajstić information content (AvgIpc) is 3.06. The number of rotatable bonds is 5. The summed E-state index contributed by atoms with van der Waals surface area (Å²) in [6.45, 7) is 3.97. The number of carbonyl (C=O) groups excluding carboxylic acids is 2. The Hall–Kier alpha value is -3.62. The van der Waals surface area contributed by atoms with Gasteiger partial charge in [0.2, 0.25) is 5.71 Å². The molecular formula is C20H18N2O7. The molecule has 0 amide bonds. The summed E-state index contributed by atoms with van der Waals surface area (Å²) in [6.07, 6.45) is 1.22. The maximum Gasteiger partial charge on any atom is 0.342 e. The predicted molar refractivity (Wildman–Crippen MR) is 101 cm³/mol. The van der Waals surface area contributed by atoms with Crippen LogP contribution in [0.1, 0.15) is 33.4 Å². The quantitative estimate of drug-likeness (QED) is 0.475. The fourth-order valence-electron chi connectivity index (χ4n) is 3.16. The second-order valence-corrected chi connectivity index (χ2v) is 6.39. The number of benzene rings is 1. The van der Waals surface area contributed by atoms with Crippen molar-refractivity contribution in [1.82, 2.24) is 9.55 Å². The molecule has 0 unspecified atom stereocenters. The largest absolute Gasteiger partial charge is 0.486 e. The van der Waals surface area contributed by atoms with Gasteiger partial charge in [-0.25, -0.2) is 9.78 Å². The highest BCUT2D eigenvalue weighted by atomic mass is 16.6. The van der Waals surface area contributed by atoms with Crippen molar-refractivity contribution in [1.29, 1.82) is 0 Å². The first-order chi connectivity index (χ1) is 14.0. The van der Waals surface area contributed by atoms with Gasteiger partial charge in [-0.1, -0.05) is 0 Å². The standard InChI is InChI=1S/C20H18N2O7/c1-3-26-20(25)16-11(2)29-18-17(16)19(24)22(10-21-18)9-13(23)12-4-5-14-15(8-12)28-7-6-27-14/h4-5,8,10H,3,6-7,9H2,1-2H3. The van der Waals surface area contributed by atoms with E-state index in [1.165, 1.54) is 6.33 Å². The number of fused-ring (bicyclic) bond motifs is 2. The zero-order valence-electron chi connectivity index (χ0n) is 15.9. The van der Waals surface area contributed by atoms with Crippen LogP contribution in [0.3, 0.4) is 0 Å². The minimum absolute atomic E-state index is 0.00146. The van der Waals surface area contributed by atoms with Gasteiger partial charge in [0, 0.05) is 5.56 Å². The first-order valence-electron chi connectivity index (χ1n) is 9.08. The van der Waals surface area contributed by atoms with E-state index in [1.807, 2.05) is 0 Å². The third-order valence-corrected chi connectivity index (χ3v) is 4.51. The van der Waals surface area contributed by atoms with Crippen molar-refractivity contribution in [3.05, 3.63) is 51.8 Å². The van der Waals surface area contributed by atoms with Crippen LogP contribution in [0.25, 0.3) is 11.1 Å². The van der Waals surface area contributed by atoms with Crippen LogP contribution in [0.2, 0.25) is 0 Å². The highest BCUT2D eigenvalue weighted by Gasteiger charge is 2.24. The number of esters is 1. The second-order valence-electron chi connectivity index (χ2n) is 6.39. The van der Waals surface area contributed by atoms with E-state index in [4.69, 9.17) is 18.6 Å². The fourth-order valence-corrected chi connectivity index (χ4v) is 3.16. The molecule has 0 radical (unpaired) electrons. The molecule has 0 saturated carbocycles. The summed E-state index contributed by atoms with van der Waals surface area (Å²) < 4.78 is 22.5. The molecule has 0 aliphatic carbocycles. The number of hydrogen-bond acceptors (Lipinski definition) is 8. The highest BCUT2D eigenvalue weighted by Crippen LogP contribution is 2.31. The second kappa shape index (κ2) is 7.42. The van der Waals surface area contributed by atoms with Gasteiger partial charge in [0.15, 0.2) is 17.3 Å². The molecule has 0 spiro atoms. The number of ketones is 1. The third kappa shape index (κ3) is 3.35. The van der Waals surface area contributed by atoms with Gasteiger partial charge in [0.1, 0.15) is 36.3 Å². The smallest absolute Gasteiger partial charge is 0.342 e. The van der Waals surface area contributed by atoms with Gasteiger partial charge in [-0.3, -0.25) is 14.2 Å². The van der Waals surface area contributed by atoms with E-state index in [0.29, 0.717) is 30.3 Å². The molecule has 4 rings (SSSR count). The van der Waals surface area contributed by atoms with Gasteiger partial charge in [-0.05, 0) is 32.0 Å². The summed E-state index contributed by atoms with van der Waals surface area (Å²) in [5, 5.41) is -0.00146. The van der Waals surface area contributed by atoms with E-state index in [-0.39, 0.29) is 41.4 Å². The van der Waals surface area contributed by atoms with Crippen molar-refractivity contribution >= 4 is 22.9 Å². The molecule has 0 fully saturated rings. The molecule has 2 aromatic heterocycles. The van der Waals surface area contributed by atoms with Crippen LogP contribution >= 0.6 is 0 Å². The van der Waals surface area contributed by atoms with Gasteiger partial charge in [0.25, 0.3) is 5.56 Å². The molecule has 0 bridgehead atoms. The van der Waals surface area contributed by atoms with Crippen molar-refractivity contribution < 1.29 is 28.2 Å². The molecule has 1 aliphatic heterocycles. The molecule has 9 nitrogen and oxygen atoms in total. The van der Waals surface area contributed by atoms with Crippen LogP contribution in [-0.2, 0) is 11.3 Å². The number of ether oxygens (including phenoxy) is 3. The lowest BCUT2D eigenvalue weighted by Gasteiger charge is -2.18. The van der Waals surface area contributed by atoms with Gasteiger partial charge in [0.05, 0.1) is 13.2 Å². The minimum atomic E-state index is -0.668. The Morgan fingerprint density at radius 3 is 2.72 bits per heavy atom. The first kappa shape index (κ1) is 18.7. The Morgan fingerprint density at radius 1 is 1.21 bits per heavy atom. The molecule has 1 aliphatic rings. The van der Waals surface area contributed by atoms with E-state index >= 15 is 0 Å². The van der Waals surface area contributed by atoms with Crippen molar-refractivity contribution in [2.75, 3.05) is 19.8 Å². The summed E-state index contributed by atoms with van der Waals surface area (Å²) >= 11 is 0. The number of furan rings is 1. The number of aromatic nitrogens is 2. The Bertz CT molecular complexity index is 1180. The fraction of sp³-hybridized carbons (Fsp3) is 0.300. The van der Waals surface area contributed by atoms with Crippen LogP contribution in [0.15, 0.2) is 33.7 Å². The zero-order chi connectivity index (χ0) is 20.5. The molecule has 1 aromatic carbocycles. The lowest BCUT2D eigenvalue weighted by Crippen LogP contribution is -2.25. The monoisotopic (exact) mass is 398 g/mol. The Labute approximate surface area is 164 Å². The Balaban J connectivity index is 1.69. The molecule has 29 heavy (non-hydrogen) atoms. The molecule has 150 valence electrons. The maximum absolute atomic E-state index is 12.9. The summed E-state index contributed by atoms with van der Waals surface area (Å²) in [5.74, 6) is 0.305. The number of Topliss-reactive ketones (excluding diaryl/α,β-unsaturated/α-hetero) is 1. The predicted octanol–water partition coefficient (Wildman–Crippen LogP) is 2.13. The van der Waals surface area contributed by atoms with Crippen LogP contribution in [0, 0.1) is 6.92 Å². The van der Waals surface area contributed by atoms with Gasteiger partial charge < -0.3 is 18.6 Å². The van der Waals surface area contributed by atoms with Crippen LogP contribution in [0.5, 0.6) is 11.5 Å². The van der Waals surface area contributed by atoms with E-state index in [0.717, 1.165) is 4.57 Å². The third-order valence-electron chi connectivity index (χ3n) is 4.51. The topological polar surface area (TPSA) is 110 Å². The molecule has 3 aromatic rings. The number of nitrogens with zero attached hydrogens (tertiary/aromatic N) is 2. The SMILES string of the molecule is CCOC(=O)c1c(C)oc2ncn(CC(=O)c3ccc4c(c3)OCCO4)c(=O)c12. The van der Waals surface area contributed by atoms with Crippen LogP contribution in [0.4, 0.5) is 0 Å². The van der Waals surface area contributed by atoms with Crippen molar-refractivity contribution in [2.24, 2.45) is 0 Å². The Kier molecular flexibility index (Phi) is 4.79. The van der Waals surface area contributed by atoms with Crippen molar-refractivity contribution in [2.45, 2.75) is 20.4 Å². The Morgan fingerprint density at radius 2 is 1.97 bits per heavy atom. The minimum Gasteiger partial charge on any atom is -0.486 e. The van der Waals surface area contributed by atoms with E-state index < -0.39 is 11.5 Å². The zero-order valence-corrected chi connectivity index (χ0v) is 15.9. The molecular weight excluding hydrogens is 380 g/mol. The lowest BCUT2D eigenvalue weighted by atomic mass is 10.1. The van der Waals surface area contributed by atoms with Crippen LogP contribution < -0.4 is 15.0 Å². The average molecular weight is 398 g/mol. The van der Waals surface area contributed by atoms with Crippen molar-refractivity contribution in [3.8, 4) is 11.5 Å². The summed E-state index contributed by atoms with van der Waals surface area (Å²) in [5.41, 5.74) is -0.130. The van der Waals surface area contributed by atoms with Gasteiger partial charge in [-0.15, -0.1) is 0 Å². The number of carbonyl (C=O) groups is 2. The maximum atomic E-state index is 12.9. The van der Waals surface area contributed by atoms with E-state index in [1.54, 1.807) is 32.0 Å². The summed E-state index contributed by atoms with van der Waals surface area (Å²) in [6, 6.07) is 4.85. The van der Waals surface area contributed by atoms with Crippen molar-refractivity contribution in [3.63, 3.8) is 0 Å². The molecule has 0 saturated heterocycles. The number of aryl methyl sites for hydroxylation is 1. The lowest BCUT2D eigenvalue weighted by molar-refractivity contribution is 0.0526. The summed E-state index contributed by atoms with van der Waals surface area (Å²) in [7, 11) is 0. The van der Waals surface area contributed by atoms with Gasteiger partial charge >= 0.3 is 5.97 Å². The van der Waals surface area contributed by atoms with Gasteiger partial charge in [-0.2, -0.15) is 0 Å².